The van der Waals surface area contributed by atoms with Gasteiger partial charge in [0.05, 0.1) is 13.1 Å². The lowest BCUT2D eigenvalue weighted by Gasteiger charge is -2.35. The molecular formula is C4H8F2N2O. The minimum absolute atomic E-state index is 0.0162. The maximum atomic E-state index is 11.7. The SMILES string of the molecule is [O-][N+]1(C(F)F)CCNC1. The molecule has 0 radical (unpaired) electrons. The molecule has 1 aliphatic rings. The Morgan fingerprint density at radius 2 is 2.22 bits per heavy atom. The standard InChI is InChI=1S/C4H8F2N2O/c5-4(6)8(9)2-1-7-3-8/h4,7H,1-3H2. The number of hydrogen-bond donors (Lipinski definition) is 1. The molecule has 1 aliphatic heterocycles. The molecule has 1 unspecified atom stereocenters. The highest BCUT2D eigenvalue weighted by molar-refractivity contribution is 4.52. The van der Waals surface area contributed by atoms with E-state index in [0.29, 0.717) is 6.54 Å². The minimum Gasteiger partial charge on any atom is -0.628 e. The van der Waals surface area contributed by atoms with Crippen LogP contribution in [-0.2, 0) is 0 Å². The van der Waals surface area contributed by atoms with E-state index in [4.69, 9.17) is 0 Å². The second-order valence-corrected chi connectivity index (χ2v) is 2.11. The molecule has 5 heteroatoms. The van der Waals surface area contributed by atoms with E-state index in [0.717, 1.165) is 0 Å². The second-order valence-electron chi connectivity index (χ2n) is 2.11. The van der Waals surface area contributed by atoms with Gasteiger partial charge in [0.2, 0.25) is 0 Å². The first-order chi connectivity index (χ1) is 4.15. The summed E-state index contributed by atoms with van der Waals surface area (Å²) in [5.41, 5.74) is 0. The van der Waals surface area contributed by atoms with Crippen molar-refractivity contribution in [2.75, 3.05) is 19.8 Å². The van der Waals surface area contributed by atoms with Crippen LogP contribution in [0, 0.1) is 5.21 Å². The fourth-order valence-electron chi connectivity index (χ4n) is 0.782. The van der Waals surface area contributed by atoms with Crippen molar-refractivity contribution < 1.29 is 13.4 Å². The van der Waals surface area contributed by atoms with Gasteiger partial charge in [-0.15, -0.1) is 0 Å². The zero-order valence-corrected chi connectivity index (χ0v) is 4.81. The van der Waals surface area contributed by atoms with E-state index in [2.05, 4.69) is 5.32 Å². The molecular weight excluding hydrogens is 130 g/mol. The summed E-state index contributed by atoms with van der Waals surface area (Å²) in [6, 6.07) is 0. The number of nitrogens with zero attached hydrogens (tertiary/aromatic N) is 1. The zero-order chi connectivity index (χ0) is 6.91. The van der Waals surface area contributed by atoms with Gasteiger partial charge in [-0.2, -0.15) is 8.78 Å². The summed E-state index contributed by atoms with van der Waals surface area (Å²) >= 11 is 0. The largest absolute Gasteiger partial charge is 0.628 e. The molecule has 0 spiro atoms. The van der Waals surface area contributed by atoms with Crippen molar-refractivity contribution in [3.63, 3.8) is 0 Å². The van der Waals surface area contributed by atoms with Gasteiger partial charge in [0.1, 0.15) is 6.67 Å². The summed E-state index contributed by atoms with van der Waals surface area (Å²) < 4.78 is 22.1. The summed E-state index contributed by atoms with van der Waals surface area (Å²) in [4.78, 5) is 0. The molecule has 3 nitrogen and oxygen atoms in total. The van der Waals surface area contributed by atoms with Gasteiger partial charge in [0.15, 0.2) is 0 Å². The lowest BCUT2D eigenvalue weighted by atomic mass is 10.6. The van der Waals surface area contributed by atoms with Crippen molar-refractivity contribution >= 4 is 0 Å². The van der Waals surface area contributed by atoms with Crippen LogP contribution in [0.4, 0.5) is 8.78 Å². The number of alkyl halides is 2. The van der Waals surface area contributed by atoms with E-state index in [1.807, 2.05) is 0 Å². The Labute approximate surface area is 51.4 Å². The van der Waals surface area contributed by atoms with Gasteiger partial charge in [-0.25, -0.2) is 0 Å². The Morgan fingerprint density at radius 3 is 2.44 bits per heavy atom. The van der Waals surface area contributed by atoms with Crippen molar-refractivity contribution in [2.24, 2.45) is 0 Å². The first kappa shape index (κ1) is 6.85. The van der Waals surface area contributed by atoms with E-state index < -0.39 is 11.2 Å². The molecule has 9 heavy (non-hydrogen) atoms. The average Bonchev–Trinajstić information content (AvgIpc) is 2.16. The summed E-state index contributed by atoms with van der Waals surface area (Å²) in [7, 11) is 0. The molecule has 1 saturated heterocycles. The highest BCUT2D eigenvalue weighted by Gasteiger charge is 2.31. The highest BCUT2D eigenvalue weighted by Crippen LogP contribution is 2.15. The first-order valence-corrected chi connectivity index (χ1v) is 2.72. The Balaban J connectivity index is 2.51. The summed E-state index contributed by atoms with van der Waals surface area (Å²) in [5, 5.41) is 13.3. The van der Waals surface area contributed by atoms with E-state index >= 15 is 0 Å². The molecule has 1 rings (SSSR count). The van der Waals surface area contributed by atoms with Crippen LogP contribution in [-0.4, -0.2) is 31.0 Å². The number of rotatable bonds is 1. The van der Waals surface area contributed by atoms with Crippen LogP contribution in [0.2, 0.25) is 0 Å². The van der Waals surface area contributed by atoms with Crippen LogP contribution in [0.1, 0.15) is 0 Å². The van der Waals surface area contributed by atoms with Crippen molar-refractivity contribution in [1.82, 2.24) is 5.32 Å². The van der Waals surface area contributed by atoms with Gasteiger partial charge >= 0.3 is 6.55 Å². The zero-order valence-electron chi connectivity index (χ0n) is 4.81. The topological polar surface area (TPSA) is 35.1 Å². The van der Waals surface area contributed by atoms with Crippen molar-refractivity contribution in [2.45, 2.75) is 6.55 Å². The number of halogens is 2. The second kappa shape index (κ2) is 2.17. The van der Waals surface area contributed by atoms with Crippen molar-refractivity contribution in [1.29, 1.82) is 0 Å². The van der Waals surface area contributed by atoms with Crippen molar-refractivity contribution in [3.05, 3.63) is 5.21 Å². The molecule has 0 aromatic carbocycles. The lowest BCUT2D eigenvalue weighted by Crippen LogP contribution is -2.45. The monoisotopic (exact) mass is 138 g/mol. The van der Waals surface area contributed by atoms with Crippen LogP contribution in [0.25, 0.3) is 0 Å². The number of hydroxylamine groups is 3. The molecule has 1 atom stereocenters. The third kappa shape index (κ3) is 1.17. The summed E-state index contributed by atoms with van der Waals surface area (Å²) in [6.07, 6.45) is 0. The third-order valence-electron chi connectivity index (χ3n) is 1.40. The maximum absolute atomic E-state index is 11.7. The van der Waals surface area contributed by atoms with Gasteiger partial charge in [-0.3, -0.25) is 9.96 Å². The van der Waals surface area contributed by atoms with Gasteiger partial charge in [-0.05, 0) is 0 Å². The van der Waals surface area contributed by atoms with Crippen LogP contribution in [0.15, 0.2) is 0 Å². The number of nitrogens with one attached hydrogen (secondary N) is 1. The molecule has 0 bridgehead atoms. The summed E-state index contributed by atoms with van der Waals surface area (Å²) in [5.74, 6) is 0. The third-order valence-corrected chi connectivity index (χ3v) is 1.40. The molecule has 1 N–H and O–H groups in total. The molecule has 1 fully saturated rings. The molecule has 0 saturated carbocycles. The Hall–Kier alpha value is -0.260. The Bertz CT molecular complexity index is 103. The molecule has 0 aromatic rings. The maximum Gasteiger partial charge on any atom is 0.381 e. The summed E-state index contributed by atoms with van der Waals surface area (Å²) in [6.45, 7) is -2.57. The van der Waals surface area contributed by atoms with E-state index in [1.54, 1.807) is 0 Å². The number of hydrogen-bond acceptors (Lipinski definition) is 2. The molecule has 0 aromatic heterocycles. The van der Waals surface area contributed by atoms with Gasteiger partial charge < -0.3 is 5.21 Å². The van der Waals surface area contributed by atoms with Gasteiger partial charge in [0, 0.05) is 0 Å². The molecule has 54 valence electrons. The van der Waals surface area contributed by atoms with Crippen LogP contribution in [0.5, 0.6) is 0 Å². The predicted molar refractivity (Wildman–Crippen MR) is 27.4 cm³/mol. The highest BCUT2D eigenvalue weighted by atomic mass is 19.3. The fraction of sp³-hybridized carbons (Fsp3) is 1.00. The van der Waals surface area contributed by atoms with Crippen LogP contribution < -0.4 is 5.32 Å². The Morgan fingerprint density at radius 1 is 1.56 bits per heavy atom. The van der Waals surface area contributed by atoms with Gasteiger partial charge in [0.25, 0.3) is 0 Å². The first-order valence-electron chi connectivity index (χ1n) is 2.72. The van der Waals surface area contributed by atoms with Gasteiger partial charge in [-0.1, -0.05) is 0 Å². The molecule has 0 aliphatic carbocycles. The van der Waals surface area contributed by atoms with E-state index in [-0.39, 0.29) is 13.2 Å². The molecule has 1 heterocycles. The lowest BCUT2D eigenvalue weighted by molar-refractivity contribution is -0.925. The smallest absolute Gasteiger partial charge is 0.381 e. The fourth-order valence-corrected chi connectivity index (χ4v) is 0.782. The van der Waals surface area contributed by atoms with Crippen LogP contribution in [0.3, 0.4) is 0 Å². The quantitative estimate of drug-likeness (QED) is 0.316. The number of quaternary nitrogens is 1. The van der Waals surface area contributed by atoms with Crippen molar-refractivity contribution in [3.8, 4) is 0 Å². The Kier molecular flexibility index (Phi) is 1.65. The van der Waals surface area contributed by atoms with E-state index in [1.165, 1.54) is 0 Å². The normalized spacial score (nSPS) is 36.0. The minimum atomic E-state index is -2.79. The molecule has 0 amide bonds. The van der Waals surface area contributed by atoms with Crippen LogP contribution >= 0.6 is 0 Å². The van der Waals surface area contributed by atoms with E-state index in [9.17, 15) is 14.0 Å². The average molecular weight is 138 g/mol. The predicted octanol–water partition coefficient (Wildman–Crippen LogP) is 0.0843.